The summed E-state index contributed by atoms with van der Waals surface area (Å²) in [7, 11) is 0. The van der Waals surface area contributed by atoms with Gasteiger partial charge in [-0.05, 0) is 24.6 Å². The number of aromatic nitrogens is 1. The Labute approximate surface area is 155 Å². The third-order valence-corrected chi connectivity index (χ3v) is 4.20. The van der Waals surface area contributed by atoms with E-state index in [2.05, 4.69) is 10.3 Å². The molecule has 0 aliphatic heterocycles. The van der Waals surface area contributed by atoms with Gasteiger partial charge in [0.25, 0.3) is 0 Å². The third-order valence-electron chi connectivity index (χ3n) is 3.89. The van der Waals surface area contributed by atoms with E-state index < -0.39 is 17.6 Å². The smallest absolute Gasteiger partial charge is 0.221 e. The van der Waals surface area contributed by atoms with Crippen molar-refractivity contribution in [1.82, 2.24) is 10.3 Å². The Hall–Kier alpha value is -2.51. The molecule has 0 bridgehead atoms. The average molecular weight is 379 g/mol. The Morgan fingerprint density at radius 2 is 2.04 bits per heavy atom. The van der Waals surface area contributed by atoms with E-state index in [1.807, 2.05) is 0 Å². The molecule has 1 aromatic carbocycles. The SMILES string of the molecule is CC[C@H](NC(=O)CCN)c1ccc(Cl)c(C(=O)c2ccc(N)nc2)c1F. The van der Waals surface area contributed by atoms with E-state index in [0.717, 1.165) is 0 Å². The van der Waals surface area contributed by atoms with Crippen LogP contribution in [0.3, 0.4) is 0 Å². The first kappa shape index (κ1) is 19.8. The predicted octanol–water partition coefficient (Wildman–Crippen LogP) is 2.60. The molecule has 2 rings (SSSR count). The molecule has 26 heavy (non-hydrogen) atoms. The highest BCUT2D eigenvalue weighted by Gasteiger charge is 2.25. The van der Waals surface area contributed by atoms with Crippen molar-refractivity contribution < 1.29 is 14.0 Å². The maximum absolute atomic E-state index is 15.1. The number of ketones is 1. The van der Waals surface area contributed by atoms with Crippen molar-refractivity contribution >= 4 is 29.1 Å². The molecule has 0 fully saturated rings. The molecule has 8 heteroatoms. The Balaban J connectivity index is 2.42. The summed E-state index contributed by atoms with van der Waals surface area (Å²) in [4.78, 5) is 28.3. The number of hydrogen-bond donors (Lipinski definition) is 3. The first-order valence-electron chi connectivity index (χ1n) is 8.12. The van der Waals surface area contributed by atoms with Crippen LogP contribution in [0.1, 0.15) is 47.3 Å². The Kier molecular flexibility index (Phi) is 6.65. The van der Waals surface area contributed by atoms with Crippen molar-refractivity contribution in [3.05, 3.63) is 58.0 Å². The largest absolute Gasteiger partial charge is 0.384 e. The van der Waals surface area contributed by atoms with Crippen molar-refractivity contribution in [3.63, 3.8) is 0 Å². The summed E-state index contributed by atoms with van der Waals surface area (Å²) in [6, 6.07) is 5.21. The number of amides is 1. The van der Waals surface area contributed by atoms with Crippen molar-refractivity contribution in [2.45, 2.75) is 25.8 Å². The van der Waals surface area contributed by atoms with E-state index in [4.69, 9.17) is 23.1 Å². The van der Waals surface area contributed by atoms with E-state index in [-0.39, 0.29) is 46.4 Å². The van der Waals surface area contributed by atoms with Crippen molar-refractivity contribution in [2.24, 2.45) is 5.73 Å². The Morgan fingerprint density at radius 3 is 2.62 bits per heavy atom. The monoisotopic (exact) mass is 378 g/mol. The molecule has 6 nitrogen and oxygen atoms in total. The van der Waals surface area contributed by atoms with Crippen LogP contribution in [0.2, 0.25) is 5.02 Å². The number of nitrogen functional groups attached to an aromatic ring is 1. The number of nitrogens with one attached hydrogen (secondary N) is 1. The molecule has 2 aromatic rings. The molecule has 0 unspecified atom stereocenters. The van der Waals surface area contributed by atoms with Crippen molar-refractivity contribution in [1.29, 1.82) is 0 Å². The standard InChI is InChI=1S/C18H20ClFN4O2/c1-2-13(24-15(25)7-8-21)11-4-5-12(19)16(17(11)20)18(26)10-3-6-14(22)23-9-10/h3-6,9,13H,2,7-8,21H2,1H3,(H2,22,23)(H,24,25)/t13-/m0/s1. The molecular weight excluding hydrogens is 359 g/mol. The summed E-state index contributed by atoms with van der Waals surface area (Å²) < 4.78 is 15.1. The van der Waals surface area contributed by atoms with Gasteiger partial charge >= 0.3 is 0 Å². The number of nitrogens with zero attached hydrogens (tertiary/aromatic N) is 1. The Bertz CT molecular complexity index is 812. The lowest BCUT2D eigenvalue weighted by molar-refractivity contribution is -0.121. The van der Waals surface area contributed by atoms with Crippen LogP contribution >= 0.6 is 11.6 Å². The molecule has 1 amide bonds. The lowest BCUT2D eigenvalue weighted by Crippen LogP contribution is -2.30. The van der Waals surface area contributed by atoms with Gasteiger partial charge in [0, 0.05) is 30.3 Å². The van der Waals surface area contributed by atoms with Crippen LogP contribution in [0.5, 0.6) is 0 Å². The second-order valence-electron chi connectivity index (χ2n) is 5.69. The molecule has 0 saturated carbocycles. The predicted molar refractivity (Wildman–Crippen MR) is 98.3 cm³/mol. The van der Waals surface area contributed by atoms with E-state index in [9.17, 15) is 9.59 Å². The molecule has 0 aliphatic carbocycles. The maximum atomic E-state index is 15.1. The lowest BCUT2D eigenvalue weighted by atomic mass is 9.96. The molecule has 0 saturated heterocycles. The van der Waals surface area contributed by atoms with Gasteiger partial charge in [-0.25, -0.2) is 9.37 Å². The minimum atomic E-state index is -0.765. The minimum absolute atomic E-state index is 0.0174. The number of carbonyl (C=O) groups is 2. The van der Waals surface area contributed by atoms with Gasteiger partial charge in [0.15, 0.2) is 5.78 Å². The van der Waals surface area contributed by atoms with Crippen LogP contribution < -0.4 is 16.8 Å². The fraction of sp³-hybridized carbons (Fsp3) is 0.278. The van der Waals surface area contributed by atoms with Gasteiger partial charge in [-0.2, -0.15) is 0 Å². The first-order valence-corrected chi connectivity index (χ1v) is 8.50. The van der Waals surface area contributed by atoms with E-state index in [1.165, 1.54) is 30.5 Å². The quantitative estimate of drug-likeness (QED) is 0.641. The molecule has 0 spiro atoms. The fourth-order valence-corrected chi connectivity index (χ4v) is 2.76. The van der Waals surface area contributed by atoms with Crippen molar-refractivity contribution in [3.8, 4) is 0 Å². The van der Waals surface area contributed by atoms with Gasteiger partial charge in [-0.15, -0.1) is 0 Å². The maximum Gasteiger partial charge on any atom is 0.221 e. The van der Waals surface area contributed by atoms with Gasteiger partial charge in [0.05, 0.1) is 16.6 Å². The summed E-state index contributed by atoms with van der Waals surface area (Å²) in [5.74, 6) is -1.41. The molecule has 1 aromatic heterocycles. The van der Waals surface area contributed by atoms with Crippen molar-refractivity contribution in [2.75, 3.05) is 12.3 Å². The highest BCUT2D eigenvalue weighted by molar-refractivity contribution is 6.35. The van der Waals surface area contributed by atoms with Crippen LogP contribution in [0.15, 0.2) is 30.5 Å². The zero-order valence-electron chi connectivity index (χ0n) is 14.3. The average Bonchev–Trinajstić information content (AvgIpc) is 2.61. The summed E-state index contributed by atoms with van der Waals surface area (Å²) in [5, 5.41) is 2.70. The normalized spacial score (nSPS) is 11.8. The summed E-state index contributed by atoms with van der Waals surface area (Å²) in [6.45, 7) is 1.99. The van der Waals surface area contributed by atoms with Gasteiger partial charge < -0.3 is 16.8 Å². The van der Waals surface area contributed by atoms with Crippen LogP contribution in [-0.4, -0.2) is 23.2 Å². The molecule has 138 valence electrons. The van der Waals surface area contributed by atoms with Gasteiger partial charge in [-0.3, -0.25) is 9.59 Å². The van der Waals surface area contributed by atoms with E-state index >= 15 is 4.39 Å². The number of anilines is 1. The van der Waals surface area contributed by atoms with Crippen LogP contribution in [0.4, 0.5) is 10.2 Å². The first-order chi connectivity index (χ1) is 12.4. The number of hydrogen-bond acceptors (Lipinski definition) is 5. The molecule has 1 heterocycles. The molecule has 5 N–H and O–H groups in total. The molecule has 0 radical (unpaired) electrons. The zero-order chi connectivity index (χ0) is 19.3. The molecule has 1 atom stereocenters. The van der Waals surface area contributed by atoms with Crippen LogP contribution in [0, 0.1) is 5.82 Å². The minimum Gasteiger partial charge on any atom is -0.384 e. The number of pyridine rings is 1. The number of halogens is 2. The van der Waals surface area contributed by atoms with Gasteiger partial charge in [0.2, 0.25) is 5.91 Å². The number of nitrogens with two attached hydrogens (primary N) is 2. The highest BCUT2D eigenvalue weighted by Crippen LogP contribution is 2.29. The van der Waals surface area contributed by atoms with Gasteiger partial charge in [0.1, 0.15) is 11.6 Å². The van der Waals surface area contributed by atoms with E-state index in [0.29, 0.717) is 6.42 Å². The zero-order valence-corrected chi connectivity index (χ0v) is 15.0. The van der Waals surface area contributed by atoms with Crippen LogP contribution in [-0.2, 0) is 4.79 Å². The fourth-order valence-electron chi connectivity index (χ4n) is 2.53. The second-order valence-corrected chi connectivity index (χ2v) is 6.10. The summed E-state index contributed by atoms with van der Waals surface area (Å²) in [5.41, 5.74) is 11.0. The van der Waals surface area contributed by atoms with Gasteiger partial charge in [-0.1, -0.05) is 24.6 Å². The summed E-state index contributed by atoms with van der Waals surface area (Å²) >= 11 is 6.07. The number of benzene rings is 1. The topological polar surface area (TPSA) is 111 Å². The number of rotatable bonds is 7. The third kappa shape index (κ3) is 4.36. The molecule has 0 aliphatic rings. The summed E-state index contributed by atoms with van der Waals surface area (Å²) in [6.07, 6.45) is 1.83. The highest BCUT2D eigenvalue weighted by atomic mass is 35.5. The Morgan fingerprint density at radius 1 is 1.31 bits per heavy atom. The number of carbonyl (C=O) groups excluding carboxylic acids is 2. The lowest BCUT2D eigenvalue weighted by Gasteiger charge is -2.20. The second kappa shape index (κ2) is 8.73. The molecular formula is C18H20ClFN4O2. The van der Waals surface area contributed by atoms with Crippen LogP contribution in [0.25, 0.3) is 0 Å². The van der Waals surface area contributed by atoms with E-state index in [1.54, 1.807) is 6.92 Å².